The summed E-state index contributed by atoms with van der Waals surface area (Å²) in [6.07, 6.45) is 0.649. The smallest absolute Gasteiger partial charge is 0.306 e. The van der Waals surface area contributed by atoms with Crippen molar-refractivity contribution in [3.05, 3.63) is 64.5 Å². The maximum Gasteiger partial charge on any atom is 0.306 e. The first kappa shape index (κ1) is 25.7. The third kappa shape index (κ3) is 6.14. The second-order valence-corrected chi connectivity index (χ2v) is 10.9. The molecule has 3 aromatic rings. The fraction of sp³-hybridized carbons (Fsp3) is 0.448. The van der Waals surface area contributed by atoms with E-state index in [1.54, 1.807) is 11.3 Å². The lowest BCUT2D eigenvalue weighted by Crippen LogP contribution is -2.42. The number of para-hydroxylation sites is 1. The standard InChI is InChI=1S/C29H35N3O4S/c1-20-15-22(17-31-11-13-35-14-12-31)7-8-23(20)18-36-27-6-4-3-5-25(27)26-19-37-29(30-26)32-10-9-24(28(33)34)21(2)16-32/h3-8,15,19,21,24H,9-14,16-18H2,1-2H3,(H,33,34). The Balaban J connectivity index is 1.24. The number of thiazole rings is 1. The minimum absolute atomic E-state index is 0.0951. The Labute approximate surface area is 222 Å². The molecule has 2 unspecified atom stereocenters. The van der Waals surface area contributed by atoms with Crippen molar-refractivity contribution >= 4 is 22.4 Å². The van der Waals surface area contributed by atoms with E-state index in [-0.39, 0.29) is 11.8 Å². The molecule has 0 bridgehead atoms. The van der Waals surface area contributed by atoms with Gasteiger partial charge in [-0.1, -0.05) is 37.3 Å². The van der Waals surface area contributed by atoms with Crippen LogP contribution in [0.25, 0.3) is 11.3 Å². The Morgan fingerprint density at radius 3 is 2.76 bits per heavy atom. The number of carbonyl (C=O) groups is 1. The van der Waals surface area contributed by atoms with Gasteiger partial charge < -0.3 is 19.5 Å². The van der Waals surface area contributed by atoms with Crippen LogP contribution in [0.2, 0.25) is 0 Å². The molecule has 8 heteroatoms. The zero-order valence-corrected chi connectivity index (χ0v) is 22.4. The van der Waals surface area contributed by atoms with Gasteiger partial charge in [-0.05, 0) is 48.1 Å². The van der Waals surface area contributed by atoms with Gasteiger partial charge in [0.15, 0.2) is 5.13 Å². The van der Waals surface area contributed by atoms with Gasteiger partial charge in [0.05, 0.1) is 24.8 Å². The van der Waals surface area contributed by atoms with Crippen LogP contribution in [0.15, 0.2) is 47.8 Å². The SMILES string of the molecule is Cc1cc(CN2CCOCC2)ccc1COc1ccccc1-c1csc(N2CCC(C(=O)O)C(C)C2)n1. The number of aromatic nitrogens is 1. The van der Waals surface area contributed by atoms with Gasteiger partial charge in [0.1, 0.15) is 12.4 Å². The van der Waals surface area contributed by atoms with Gasteiger partial charge in [-0.2, -0.15) is 0 Å². The van der Waals surface area contributed by atoms with Crippen LogP contribution in [0.3, 0.4) is 0 Å². The van der Waals surface area contributed by atoms with Crippen LogP contribution in [-0.4, -0.2) is 60.4 Å². The van der Waals surface area contributed by atoms with Crippen molar-refractivity contribution in [2.75, 3.05) is 44.3 Å². The van der Waals surface area contributed by atoms with E-state index in [0.29, 0.717) is 26.1 Å². The fourth-order valence-corrected chi connectivity index (χ4v) is 6.08. The van der Waals surface area contributed by atoms with E-state index >= 15 is 0 Å². The lowest BCUT2D eigenvalue weighted by molar-refractivity contribution is -0.144. The Hall–Kier alpha value is -2.94. The normalized spacial score (nSPS) is 20.6. The summed E-state index contributed by atoms with van der Waals surface area (Å²) in [6, 6.07) is 14.7. The molecule has 2 aromatic carbocycles. The van der Waals surface area contributed by atoms with E-state index in [1.165, 1.54) is 16.7 Å². The first-order valence-electron chi connectivity index (χ1n) is 13.0. The molecule has 3 heterocycles. The molecule has 0 radical (unpaired) electrons. The van der Waals surface area contributed by atoms with E-state index in [2.05, 4.69) is 40.3 Å². The number of aliphatic carboxylic acids is 1. The maximum absolute atomic E-state index is 11.5. The average Bonchev–Trinajstić information content (AvgIpc) is 3.39. The van der Waals surface area contributed by atoms with Gasteiger partial charge in [0.2, 0.25) is 0 Å². The lowest BCUT2D eigenvalue weighted by atomic mass is 9.87. The second kappa shape index (κ2) is 11.6. The van der Waals surface area contributed by atoms with Crippen molar-refractivity contribution in [1.29, 1.82) is 0 Å². The largest absolute Gasteiger partial charge is 0.488 e. The molecule has 0 amide bonds. The van der Waals surface area contributed by atoms with Crippen molar-refractivity contribution in [3.8, 4) is 17.0 Å². The molecule has 1 aromatic heterocycles. The predicted molar refractivity (Wildman–Crippen MR) is 146 cm³/mol. The number of piperidine rings is 1. The number of anilines is 1. The number of ether oxygens (including phenoxy) is 2. The second-order valence-electron chi connectivity index (χ2n) is 10.1. The van der Waals surface area contributed by atoms with Gasteiger partial charge in [-0.15, -0.1) is 11.3 Å². The van der Waals surface area contributed by atoms with Crippen molar-refractivity contribution in [3.63, 3.8) is 0 Å². The number of hydrogen-bond acceptors (Lipinski definition) is 7. The minimum Gasteiger partial charge on any atom is -0.488 e. The van der Waals surface area contributed by atoms with Gasteiger partial charge >= 0.3 is 5.97 Å². The first-order chi connectivity index (χ1) is 18.0. The summed E-state index contributed by atoms with van der Waals surface area (Å²) in [7, 11) is 0. The molecule has 2 saturated heterocycles. The summed E-state index contributed by atoms with van der Waals surface area (Å²) >= 11 is 1.60. The average molecular weight is 522 g/mol. The number of carboxylic acids is 1. The third-order valence-corrected chi connectivity index (χ3v) is 8.35. The first-order valence-corrected chi connectivity index (χ1v) is 13.9. The summed E-state index contributed by atoms with van der Waals surface area (Å²) in [5, 5.41) is 12.4. The number of hydrogen-bond donors (Lipinski definition) is 1. The maximum atomic E-state index is 11.5. The molecular weight excluding hydrogens is 486 g/mol. The van der Waals surface area contributed by atoms with Gasteiger partial charge in [0, 0.05) is 43.7 Å². The van der Waals surface area contributed by atoms with Gasteiger partial charge in [0.25, 0.3) is 0 Å². The zero-order chi connectivity index (χ0) is 25.8. The molecule has 0 aliphatic carbocycles. The van der Waals surface area contributed by atoms with E-state index in [0.717, 1.165) is 55.0 Å². The Bertz CT molecular complexity index is 1220. The van der Waals surface area contributed by atoms with Crippen molar-refractivity contribution in [2.24, 2.45) is 11.8 Å². The quantitative estimate of drug-likeness (QED) is 0.443. The zero-order valence-electron chi connectivity index (χ0n) is 21.6. The molecule has 37 heavy (non-hydrogen) atoms. The monoisotopic (exact) mass is 521 g/mol. The van der Waals surface area contributed by atoms with Crippen molar-refractivity contribution < 1.29 is 19.4 Å². The van der Waals surface area contributed by atoms with Gasteiger partial charge in [-0.3, -0.25) is 9.69 Å². The number of benzene rings is 2. The highest BCUT2D eigenvalue weighted by molar-refractivity contribution is 7.14. The van der Waals surface area contributed by atoms with Gasteiger partial charge in [-0.25, -0.2) is 4.98 Å². The molecule has 2 aliphatic rings. The minimum atomic E-state index is -0.694. The molecule has 1 N–H and O–H groups in total. The highest BCUT2D eigenvalue weighted by Crippen LogP contribution is 2.36. The summed E-state index contributed by atoms with van der Waals surface area (Å²) in [5.74, 6) is -0.0615. The molecule has 196 valence electrons. The number of morpholine rings is 1. The predicted octanol–water partition coefficient (Wildman–Crippen LogP) is 5.08. The fourth-order valence-electron chi connectivity index (χ4n) is 5.21. The summed E-state index contributed by atoms with van der Waals surface area (Å²) < 4.78 is 11.8. The Morgan fingerprint density at radius 1 is 1.19 bits per heavy atom. The van der Waals surface area contributed by atoms with Crippen LogP contribution >= 0.6 is 11.3 Å². The van der Waals surface area contributed by atoms with E-state index in [9.17, 15) is 9.90 Å². The number of carboxylic acid groups (broad SMARTS) is 1. The summed E-state index contributed by atoms with van der Waals surface area (Å²) in [6.45, 7) is 10.6. The summed E-state index contributed by atoms with van der Waals surface area (Å²) in [5.41, 5.74) is 5.59. The Morgan fingerprint density at radius 2 is 2.00 bits per heavy atom. The Kier molecular flexibility index (Phi) is 8.08. The molecule has 5 rings (SSSR count). The van der Waals surface area contributed by atoms with Crippen LogP contribution in [-0.2, 0) is 22.7 Å². The molecular formula is C29H35N3O4S. The molecule has 2 fully saturated rings. The molecule has 2 atom stereocenters. The highest BCUT2D eigenvalue weighted by atomic mass is 32.1. The highest BCUT2D eigenvalue weighted by Gasteiger charge is 2.32. The van der Waals surface area contributed by atoms with Crippen LogP contribution in [0, 0.1) is 18.8 Å². The van der Waals surface area contributed by atoms with E-state index in [4.69, 9.17) is 14.5 Å². The number of aryl methyl sites for hydroxylation is 1. The third-order valence-electron chi connectivity index (χ3n) is 7.45. The van der Waals surface area contributed by atoms with Crippen LogP contribution in [0.4, 0.5) is 5.13 Å². The molecule has 0 saturated carbocycles. The van der Waals surface area contributed by atoms with Crippen LogP contribution in [0.5, 0.6) is 5.75 Å². The lowest BCUT2D eigenvalue weighted by Gasteiger charge is -2.34. The van der Waals surface area contributed by atoms with Crippen molar-refractivity contribution in [2.45, 2.75) is 33.4 Å². The topological polar surface area (TPSA) is 75.1 Å². The van der Waals surface area contributed by atoms with Crippen LogP contribution < -0.4 is 9.64 Å². The van der Waals surface area contributed by atoms with E-state index < -0.39 is 5.97 Å². The van der Waals surface area contributed by atoms with E-state index in [1.807, 2.05) is 31.2 Å². The molecule has 7 nitrogen and oxygen atoms in total. The summed E-state index contributed by atoms with van der Waals surface area (Å²) in [4.78, 5) is 21.0. The molecule has 2 aliphatic heterocycles. The van der Waals surface area contributed by atoms with Crippen molar-refractivity contribution in [1.82, 2.24) is 9.88 Å². The molecule has 0 spiro atoms. The number of nitrogens with zero attached hydrogens (tertiary/aromatic N) is 3. The van der Waals surface area contributed by atoms with Crippen LogP contribution in [0.1, 0.15) is 30.0 Å². The number of rotatable bonds is 8.